The zero-order valence-corrected chi connectivity index (χ0v) is 21.0. The van der Waals surface area contributed by atoms with E-state index in [-0.39, 0.29) is 5.97 Å². The lowest BCUT2D eigenvalue weighted by Crippen LogP contribution is -2.28. The van der Waals surface area contributed by atoms with Gasteiger partial charge >= 0.3 is 5.97 Å². The minimum absolute atomic E-state index is 0.317. The Kier molecular flexibility index (Phi) is 9.10. The van der Waals surface area contributed by atoms with Gasteiger partial charge in [0.05, 0.1) is 6.61 Å². The number of benzene rings is 2. The molecule has 1 atom stereocenters. The van der Waals surface area contributed by atoms with Crippen molar-refractivity contribution >= 4 is 17.3 Å². The van der Waals surface area contributed by atoms with E-state index in [0.717, 1.165) is 11.3 Å². The van der Waals surface area contributed by atoms with Crippen LogP contribution in [0, 0.1) is 6.92 Å². The molecular formula is C28H34O4S. The van der Waals surface area contributed by atoms with Gasteiger partial charge in [-0.25, -0.2) is 4.79 Å². The minimum atomic E-state index is -0.580. The molecule has 1 aromatic heterocycles. The molecule has 0 aliphatic carbocycles. The second kappa shape index (κ2) is 12.0. The Balaban J connectivity index is 1.60. The molecule has 0 saturated heterocycles. The van der Waals surface area contributed by atoms with E-state index in [2.05, 4.69) is 51.1 Å². The van der Waals surface area contributed by atoms with Gasteiger partial charge in [0.15, 0.2) is 6.10 Å². The van der Waals surface area contributed by atoms with Crippen LogP contribution in [0.25, 0.3) is 10.4 Å². The van der Waals surface area contributed by atoms with Crippen molar-refractivity contribution in [2.24, 2.45) is 0 Å². The summed E-state index contributed by atoms with van der Waals surface area (Å²) < 4.78 is 16.7. The lowest BCUT2D eigenvalue weighted by molar-refractivity contribution is -0.156. The third-order valence-electron chi connectivity index (χ3n) is 5.51. The van der Waals surface area contributed by atoms with E-state index in [1.807, 2.05) is 31.2 Å². The Bertz CT molecular complexity index is 1020. The van der Waals surface area contributed by atoms with E-state index >= 15 is 0 Å². The van der Waals surface area contributed by atoms with Crippen molar-refractivity contribution in [2.45, 2.75) is 59.7 Å². The molecule has 176 valence electrons. The highest BCUT2D eigenvalue weighted by atomic mass is 32.1. The van der Waals surface area contributed by atoms with Crippen molar-refractivity contribution in [2.75, 3.05) is 13.2 Å². The van der Waals surface area contributed by atoms with E-state index in [0.29, 0.717) is 32.2 Å². The molecule has 4 nitrogen and oxygen atoms in total. The van der Waals surface area contributed by atoms with Crippen LogP contribution in [0.5, 0.6) is 5.75 Å². The van der Waals surface area contributed by atoms with E-state index in [9.17, 15) is 4.79 Å². The Morgan fingerprint density at radius 1 is 0.970 bits per heavy atom. The Morgan fingerprint density at radius 3 is 2.27 bits per heavy atom. The van der Waals surface area contributed by atoms with Gasteiger partial charge < -0.3 is 14.2 Å². The molecule has 2 aromatic carbocycles. The molecule has 0 spiro atoms. The third kappa shape index (κ3) is 6.92. The predicted octanol–water partition coefficient (Wildman–Crippen LogP) is 6.94. The maximum Gasteiger partial charge on any atom is 0.335 e. The van der Waals surface area contributed by atoms with Gasteiger partial charge in [0.2, 0.25) is 0 Å². The maximum absolute atomic E-state index is 12.1. The van der Waals surface area contributed by atoms with Crippen LogP contribution in [0.1, 0.15) is 55.2 Å². The van der Waals surface area contributed by atoms with Crippen molar-refractivity contribution in [3.05, 3.63) is 76.2 Å². The molecule has 0 fully saturated rings. The predicted molar refractivity (Wildman–Crippen MR) is 135 cm³/mol. The monoisotopic (exact) mass is 466 g/mol. The highest BCUT2D eigenvalue weighted by Gasteiger charge is 2.20. The summed E-state index contributed by atoms with van der Waals surface area (Å²) in [5, 5.41) is 0. The SMILES string of the molecule is CCOC(=O)[C@H](Cc1ccc(OCc2sc(-c3ccc(C(C)C)cc3)cc2C)cc1)OCC. The van der Waals surface area contributed by atoms with Crippen molar-refractivity contribution in [1.29, 1.82) is 0 Å². The number of carbonyl (C=O) groups is 1. The molecule has 0 bridgehead atoms. The first-order chi connectivity index (χ1) is 15.9. The van der Waals surface area contributed by atoms with Crippen molar-refractivity contribution < 1.29 is 19.0 Å². The third-order valence-corrected chi connectivity index (χ3v) is 6.77. The zero-order chi connectivity index (χ0) is 23.8. The van der Waals surface area contributed by atoms with Crippen LogP contribution in [0.15, 0.2) is 54.6 Å². The summed E-state index contributed by atoms with van der Waals surface area (Å²) in [6, 6.07) is 18.9. The Morgan fingerprint density at radius 2 is 1.67 bits per heavy atom. The molecule has 1 heterocycles. The molecular weight excluding hydrogens is 432 g/mol. The number of thiophene rings is 1. The molecule has 0 saturated carbocycles. The first-order valence-electron chi connectivity index (χ1n) is 11.6. The molecule has 0 N–H and O–H groups in total. The fourth-order valence-corrected chi connectivity index (χ4v) is 4.66. The molecule has 0 unspecified atom stereocenters. The standard InChI is InChI=1S/C28H34O4S/c1-6-30-25(28(29)31-7-2)17-21-8-14-24(15-9-21)32-18-27-20(5)16-26(33-27)23-12-10-22(11-13-23)19(3)4/h8-16,19,25H,6-7,17-18H2,1-5H3/t25-/m0/s1. The summed E-state index contributed by atoms with van der Waals surface area (Å²) in [4.78, 5) is 14.6. The second-order valence-corrected chi connectivity index (χ2v) is 9.46. The Labute approximate surface area is 201 Å². The number of carbonyl (C=O) groups excluding carboxylic acids is 1. The first-order valence-corrected chi connectivity index (χ1v) is 12.4. The van der Waals surface area contributed by atoms with Gasteiger partial charge in [0, 0.05) is 22.8 Å². The van der Waals surface area contributed by atoms with Crippen LogP contribution in [-0.4, -0.2) is 25.3 Å². The summed E-state index contributed by atoms with van der Waals surface area (Å²) in [5.74, 6) is 1.02. The highest BCUT2D eigenvalue weighted by Crippen LogP contribution is 2.33. The van der Waals surface area contributed by atoms with Crippen molar-refractivity contribution in [3.63, 3.8) is 0 Å². The summed E-state index contributed by atoms with van der Waals surface area (Å²) in [6.45, 7) is 11.6. The molecule has 3 rings (SSSR count). The highest BCUT2D eigenvalue weighted by molar-refractivity contribution is 7.15. The van der Waals surface area contributed by atoms with Gasteiger partial charge in [-0.2, -0.15) is 0 Å². The van der Waals surface area contributed by atoms with Crippen LogP contribution in [-0.2, 0) is 27.3 Å². The minimum Gasteiger partial charge on any atom is -0.488 e. The molecule has 0 radical (unpaired) electrons. The van der Waals surface area contributed by atoms with E-state index in [1.54, 1.807) is 18.3 Å². The smallest absolute Gasteiger partial charge is 0.335 e. The van der Waals surface area contributed by atoms with Crippen molar-refractivity contribution in [1.82, 2.24) is 0 Å². The molecule has 3 aromatic rings. The largest absolute Gasteiger partial charge is 0.488 e. The summed E-state index contributed by atoms with van der Waals surface area (Å²) in [5.41, 5.74) is 4.85. The summed E-state index contributed by atoms with van der Waals surface area (Å²) in [7, 11) is 0. The molecule has 0 aliphatic rings. The maximum atomic E-state index is 12.1. The zero-order valence-electron chi connectivity index (χ0n) is 20.2. The summed E-state index contributed by atoms with van der Waals surface area (Å²) in [6.07, 6.45) is -0.0980. The molecule has 0 aliphatic heterocycles. The van der Waals surface area contributed by atoms with Crippen LogP contribution in [0.3, 0.4) is 0 Å². The van der Waals surface area contributed by atoms with E-state index in [4.69, 9.17) is 14.2 Å². The molecule has 33 heavy (non-hydrogen) atoms. The lowest BCUT2D eigenvalue weighted by atomic mass is 10.0. The van der Waals surface area contributed by atoms with Crippen LogP contribution in [0.2, 0.25) is 0 Å². The van der Waals surface area contributed by atoms with Gasteiger partial charge in [-0.05, 0) is 67.1 Å². The van der Waals surface area contributed by atoms with Gasteiger partial charge in [0.25, 0.3) is 0 Å². The second-order valence-electron chi connectivity index (χ2n) is 8.33. The van der Waals surface area contributed by atoms with Gasteiger partial charge in [-0.15, -0.1) is 11.3 Å². The quantitative estimate of drug-likeness (QED) is 0.287. The van der Waals surface area contributed by atoms with Crippen LogP contribution < -0.4 is 4.74 Å². The molecule has 5 heteroatoms. The van der Waals surface area contributed by atoms with E-state index < -0.39 is 6.10 Å². The normalized spacial score (nSPS) is 12.1. The topological polar surface area (TPSA) is 44.8 Å². The Hall–Kier alpha value is -2.63. The first kappa shape index (κ1) is 25.0. The van der Waals surface area contributed by atoms with Crippen molar-refractivity contribution in [3.8, 4) is 16.2 Å². The lowest BCUT2D eigenvalue weighted by Gasteiger charge is -2.15. The fourth-order valence-electron chi connectivity index (χ4n) is 3.57. The number of ether oxygens (including phenoxy) is 3. The van der Waals surface area contributed by atoms with Gasteiger partial charge in [0.1, 0.15) is 12.4 Å². The number of hydrogen-bond donors (Lipinski definition) is 0. The number of rotatable bonds is 11. The average molecular weight is 467 g/mol. The summed E-state index contributed by atoms with van der Waals surface area (Å²) >= 11 is 1.78. The van der Waals surface area contributed by atoms with Crippen LogP contribution >= 0.6 is 11.3 Å². The van der Waals surface area contributed by atoms with Crippen LogP contribution in [0.4, 0.5) is 0 Å². The number of hydrogen-bond acceptors (Lipinski definition) is 5. The fraction of sp³-hybridized carbons (Fsp3) is 0.393. The number of esters is 1. The van der Waals surface area contributed by atoms with E-state index in [1.165, 1.54) is 26.4 Å². The average Bonchev–Trinajstić information content (AvgIpc) is 3.19. The number of aryl methyl sites for hydroxylation is 1. The van der Waals surface area contributed by atoms with Gasteiger partial charge in [-0.1, -0.05) is 50.2 Å². The van der Waals surface area contributed by atoms with Gasteiger partial charge in [-0.3, -0.25) is 0 Å². The molecule has 0 amide bonds.